The Hall–Kier alpha value is -2.47. The van der Waals surface area contributed by atoms with Gasteiger partial charge < -0.3 is 14.6 Å². The molecule has 3 heterocycles. The molecule has 6 heteroatoms. The van der Waals surface area contributed by atoms with E-state index < -0.39 is 0 Å². The number of aromatic nitrogens is 4. The van der Waals surface area contributed by atoms with E-state index in [1.807, 2.05) is 6.33 Å². The second-order valence-corrected chi connectivity index (χ2v) is 6.35. The zero-order chi connectivity index (χ0) is 16.5. The first-order chi connectivity index (χ1) is 11.7. The summed E-state index contributed by atoms with van der Waals surface area (Å²) >= 11 is 0. The number of nitrogens with one attached hydrogen (secondary N) is 1. The number of anilines is 2. The van der Waals surface area contributed by atoms with Crippen LogP contribution in [0.1, 0.15) is 24.0 Å². The van der Waals surface area contributed by atoms with Crippen molar-refractivity contribution in [2.75, 3.05) is 11.9 Å². The number of hydrogen-bond donors (Lipinski definition) is 1. The first kappa shape index (κ1) is 15.1. The summed E-state index contributed by atoms with van der Waals surface area (Å²) in [6.45, 7) is 5.85. The summed E-state index contributed by atoms with van der Waals surface area (Å²) in [4.78, 5) is 13.3. The number of rotatable bonds is 4. The number of fused-ring (bicyclic) bond motifs is 1. The number of benzene rings is 1. The van der Waals surface area contributed by atoms with Crippen LogP contribution in [0.3, 0.4) is 0 Å². The number of imidazole rings is 1. The zero-order valence-corrected chi connectivity index (χ0v) is 14.0. The van der Waals surface area contributed by atoms with Gasteiger partial charge in [-0.1, -0.05) is 6.07 Å². The van der Waals surface area contributed by atoms with Crippen LogP contribution in [0.4, 0.5) is 11.5 Å². The van der Waals surface area contributed by atoms with Crippen molar-refractivity contribution < 1.29 is 4.74 Å². The molecule has 1 fully saturated rings. The Kier molecular flexibility index (Phi) is 3.90. The van der Waals surface area contributed by atoms with Gasteiger partial charge in [0.25, 0.3) is 0 Å². The molecule has 1 N–H and O–H groups in total. The topological polar surface area (TPSA) is 64.9 Å². The van der Waals surface area contributed by atoms with Gasteiger partial charge in [0, 0.05) is 12.3 Å². The number of ether oxygens (including phenoxy) is 1. The van der Waals surface area contributed by atoms with Gasteiger partial charge in [0.15, 0.2) is 17.0 Å². The SMILES string of the molecule is Cc1ccc(Nc2ncnc3c2ncn3CC2CCCO2)cc1C. The fourth-order valence-electron chi connectivity index (χ4n) is 3.07. The molecular weight excluding hydrogens is 302 g/mol. The average molecular weight is 323 g/mol. The van der Waals surface area contributed by atoms with E-state index in [-0.39, 0.29) is 6.10 Å². The fraction of sp³-hybridized carbons (Fsp3) is 0.389. The third kappa shape index (κ3) is 2.85. The summed E-state index contributed by atoms with van der Waals surface area (Å²) in [6.07, 6.45) is 5.89. The minimum Gasteiger partial charge on any atom is -0.376 e. The largest absolute Gasteiger partial charge is 0.376 e. The highest BCUT2D eigenvalue weighted by molar-refractivity contribution is 5.85. The van der Waals surface area contributed by atoms with Crippen molar-refractivity contribution in [3.63, 3.8) is 0 Å². The van der Waals surface area contributed by atoms with Crippen LogP contribution in [-0.2, 0) is 11.3 Å². The summed E-state index contributed by atoms with van der Waals surface area (Å²) < 4.78 is 7.77. The summed E-state index contributed by atoms with van der Waals surface area (Å²) in [5.41, 5.74) is 5.15. The molecule has 0 bridgehead atoms. The van der Waals surface area contributed by atoms with Crippen molar-refractivity contribution in [2.45, 2.75) is 39.3 Å². The molecular formula is C18H21N5O. The maximum atomic E-state index is 5.72. The van der Waals surface area contributed by atoms with Gasteiger partial charge in [-0.25, -0.2) is 15.0 Å². The van der Waals surface area contributed by atoms with Gasteiger partial charge >= 0.3 is 0 Å². The van der Waals surface area contributed by atoms with Gasteiger partial charge in [-0.2, -0.15) is 0 Å². The van der Waals surface area contributed by atoms with Crippen molar-refractivity contribution in [3.8, 4) is 0 Å². The normalized spacial score (nSPS) is 17.5. The van der Waals surface area contributed by atoms with Gasteiger partial charge in [-0.3, -0.25) is 0 Å². The van der Waals surface area contributed by atoms with E-state index in [1.54, 1.807) is 6.33 Å². The quantitative estimate of drug-likeness (QED) is 0.797. The van der Waals surface area contributed by atoms with Crippen molar-refractivity contribution in [2.24, 2.45) is 0 Å². The minimum absolute atomic E-state index is 0.258. The first-order valence-electron chi connectivity index (χ1n) is 8.32. The molecule has 0 spiro atoms. The molecule has 24 heavy (non-hydrogen) atoms. The van der Waals surface area contributed by atoms with Crippen molar-refractivity contribution >= 4 is 22.7 Å². The Morgan fingerprint density at radius 2 is 2.12 bits per heavy atom. The van der Waals surface area contributed by atoms with Crippen molar-refractivity contribution in [1.29, 1.82) is 0 Å². The van der Waals surface area contributed by atoms with E-state index in [4.69, 9.17) is 4.74 Å². The minimum atomic E-state index is 0.258. The van der Waals surface area contributed by atoms with Gasteiger partial charge in [0.05, 0.1) is 19.0 Å². The molecule has 0 saturated carbocycles. The highest BCUT2D eigenvalue weighted by Gasteiger charge is 2.18. The lowest BCUT2D eigenvalue weighted by molar-refractivity contribution is 0.0978. The molecule has 3 aromatic rings. The van der Waals surface area contributed by atoms with Gasteiger partial charge in [-0.05, 0) is 49.9 Å². The van der Waals surface area contributed by atoms with Crippen LogP contribution in [0.25, 0.3) is 11.2 Å². The van der Waals surface area contributed by atoms with Crippen LogP contribution in [0.2, 0.25) is 0 Å². The molecule has 1 aliphatic rings. The predicted octanol–water partition coefficient (Wildman–Crippen LogP) is 3.37. The summed E-state index contributed by atoms with van der Waals surface area (Å²) in [6, 6.07) is 6.28. The molecule has 4 rings (SSSR count). The van der Waals surface area contributed by atoms with E-state index in [2.05, 4.69) is 56.9 Å². The summed E-state index contributed by atoms with van der Waals surface area (Å²) in [7, 11) is 0. The van der Waals surface area contributed by atoms with Crippen LogP contribution >= 0.6 is 0 Å². The standard InChI is InChI=1S/C18H21N5O/c1-12-5-6-14(8-13(12)2)22-17-16-18(20-10-19-17)23(11-21-16)9-15-4-3-7-24-15/h5-6,8,10-11,15H,3-4,7,9H2,1-2H3,(H,19,20,22). The molecule has 6 nitrogen and oxygen atoms in total. The maximum absolute atomic E-state index is 5.72. The Balaban J connectivity index is 1.63. The lowest BCUT2D eigenvalue weighted by Crippen LogP contribution is -2.14. The van der Waals surface area contributed by atoms with Crippen molar-refractivity contribution in [3.05, 3.63) is 42.0 Å². The van der Waals surface area contributed by atoms with E-state index >= 15 is 0 Å². The summed E-state index contributed by atoms with van der Waals surface area (Å²) in [5.74, 6) is 0.731. The Morgan fingerprint density at radius 3 is 2.92 bits per heavy atom. The van der Waals surface area contributed by atoms with Crippen LogP contribution in [0.15, 0.2) is 30.9 Å². The van der Waals surface area contributed by atoms with E-state index in [0.29, 0.717) is 0 Å². The molecule has 1 atom stereocenters. The van der Waals surface area contributed by atoms with Crippen LogP contribution in [0, 0.1) is 13.8 Å². The number of hydrogen-bond acceptors (Lipinski definition) is 5. The van der Waals surface area contributed by atoms with Gasteiger partial charge in [-0.15, -0.1) is 0 Å². The van der Waals surface area contributed by atoms with E-state index in [1.165, 1.54) is 11.1 Å². The van der Waals surface area contributed by atoms with Crippen LogP contribution in [0.5, 0.6) is 0 Å². The van der Waals surface area contributed by atoms with Crippen molar-refractivity contribution in [1.82, 2.24) is 19.5 Å². The zero-order valence-electron chi connectivity index (χ0n) is 14.0. The molecule has 0 radical (unpaired) electrons. The third-order valence-electron chi connectivity index (χ3n) is 4.60. The molecule has 1 saturated heterocycles. The monoisotopic (exact) mass is 323 g/mol. The predicted molar refractivity (Wildman–Crippen MR) is 93.5 cm³/mol. The maximum Gasteiger partial charge on any atom is 0.165 e. The fourth-order valence-corrected chi connectivity index (χ4v) is 3.07. The summed E-state index contributed by atoms with van der Waals surface area (Å²) in [5, 5.41) is 3.36. The molecule has 0 amide bonds. The number of nitrogens with zero attached hydrogens (tertiary/aromatic N) is 4. The Labute approximate surface area is 140 Å². The third-order valence-corrected chi connectivity index (χ3v) is 4.60. The van der Waals surface area contributed by atoms with Crippen LogP contribution < -0.4 is 5.32 Å². The molecule has 0 aliphatic carbocycles. The first-order valence-corrected chi connectivity index (χ1v) is 8.32. The molecule has 1 aliphatic heterocycles. The van der Waals surface area contributed by atoms with Gasteiger partial charge in [0.1, 0.15) is 6.33 Å². The average Bonchev–Trinajstić information content (AvgIpc) is 3.22. The second kappa shape index (κ2) is 6.20. The lowest BCUT2D eigenvalue weighted by atomic mass is 10.1. The lowest BCUT2D eigenvalue weighted by Gasteiger charge is -2.11. The molecule has 1 unspecified atom stereocenters. The molecule has 1 aromatic carbocycles. The Bertz CT molecular complexity index is 867. The number of aryl methyl sites for hydroxylation is 2. The second-order valence-electron chi connectivity index (χ2n) is 6.35. The van der Waals surface area contributed by atoms with Crippen LogP contribution in [-0.4, -0.2) is 32.2 Å². The van der Waals surface area contributed by atoms with Gasteiger partial charge in [0.2, 0.25) is 0 Å². The highest BCUT2D eigenvalue weighted by Crippen LogP contribution is 2.24. The Morgan fingerprint density at radius 1 is 1.21 bits per heavy atom. The molecule has 124 valence electrons. The molecule has 2 aromatic heterocycles. The smallest absolute Gasteiger partial charge is 0.165 e. The van der Waals surface area contributed by atoms with E-state index in [9.17, 15) is 0 Å². The van der Waals surface area contributed by atoms with E-state index in [0.717, 1.165) is 48.7 Å². The highest BCUT2D eigenvalue weighted by atomic mass is 16.5.